The van der Waals surface area contributed by atoms with Gasteiger partial charge < -0.3 is 23.2 Å². The Hall–Kier alpha value is -4.06. The monoisotopic (exact) mass is 521 g/mol. The van der Waals surface area contributed by atoms with Crippen molar-refractivity contribution in [1.82, 2.24) is 0 Å². The molecule has 2 heterocycles. The zero-order valence-electron chi connectivity index (χ0n) is 22.6. The molecular weight excluding hydrogens is 486 g/mol. The summed E-state index contributed by atoms with van der Waals surface area (Å²) in [5.74, 6) is 1.69. The maximum atomic E-state index is 5.82. The molecule has 0 radical (unpaired) electrons. The second-order valence-electron chi connectivity index (χ2n) is 9.74. The Morgan fingerprint density at radius 3 is 1.77 bits per heavy atom. The van der Waals surface area contributed by atoms with Gasteiger partial charge >= 0.3 is 0 Å². The molecule has 0 aliphatic carbocycles. The van der Waals surface area contributed by atoms with Gasteiger partial charge in [-0.2, -0.15) is 0 Å². The predicted molar refractivity (Wildman–Crippen MR) is 154 cm³/mol. The maximum absolute atomic E-state index is 5.82. The number of anilines is 3. The van der Waals surface area contributed by atoms with Gasteiger partial charge in [-0.1, -0.05) is 30.3 Å². The first-order valence-electron chi connectivity index (χ1n) is 13.4. The lowest BCUT2D eigenvalue weighted by molar-refractivity contribution is 0.0929. The highest BCUT2D eigenvalue weighted by Crippen LogP contribution is 2.35. The Balaban J connectivity index is 1.25. The van der Waals surface area contributed by atoms with Gasteiger partial charge in [-0.25, -0.2) is 0 Å². The van der Waals surface area contributed by atoms with E-state index in [1.54, 1.807) is 12.5 Å². The van der Waals surface area contributed by atoms with E-state index >= 15 is 0 Å². The van der Waals surface area contributed by atoms with E-state index in [1.807, 2.05) is 24.3 Å². The molecule has 0 fully saturated rings. The number of nitrogens with zero attached hydrogens (tertiary/aromatic N) is 1. The normalized spacial score (nSPS) is 11.1. The molecule has 0 N–H and O–H groups in total. The van der Waals surface area contributed by atoms with Crippen molar-refractivity contribution in [3.05, 3.63) is 137 Å². The van der Waals surface area contributed by atoms with Crippen LogP contribution in [0.1, 0.15) is 40.2 Å². The maximum Gasteiger partial charge on any atom is 0.129 e. The number of ether oxygens (including phenoxy) is 2. The number of benzene rings is 3. The summed E-state index contributed by atoms with van der Waals surface area (Å²) in [5.41, 5.74) is 8.34. The molecule has 5 heteroatoms. The van der Waals surface area contributed by atoms with Crippen LogP contribution in [-0.4, -0.2) is 6.61 Å². The van der Waals surface area contributed by atoms with Gasteiger partial charge in [0.25, 0.3) is 0 Å². The topological polar surface area (TPSA) is 48.0 Å². The van der Waals surface area contributed by atoms with Gasteiger partial charge in [-0.05, 0) is 110 Å². The first-order valence-corrected chi connectivity index (χ1v) is 13.4. The smallest absolute Gasteiger partial charge is 0.129 e. The SMILES string of the molecule is Cc1ccc(N(c2ccc(CCCOCc3ccco3)cc2)c2ccc(COCc3ccco3)cc2)cc1C. The van der Waals surface area contributed by atoms with E-state index in [2.05, 4.69) is 85.5 Å². The Morgan fingerprint density at radius 1 is 0.590 bits per heavy atom. The first-order chi connectivity index (χ1) is 19.2. The summed E-state index contributed by atoms with van der Waals surface area (Å²) in [6.07, 6.45) is 5.27. The van der Waals surface area contributed by atoms with Gasteiger partial charge in [0.1, 0.15) is 24.7 Å². The number of aryl methyl sites for hydroxylation is 3. The molecule has 2 aromatic heterocycles. The van der Waals surface area contributed by atoms with Crippen molar-refractivity contribution in [2.45, 2.75) is 46.5 Å². The quantitative estimate of drug-likeness (QED) is 0.145. The van der Waals surface area contributed by atoms with Crippen LogP contribution in [0.5, 0.6) is 0 Å². The molecule has 0 aliphatic heterocycles. The predicted octanol–water partition coefficient (Wildman–Crippen LogP) is 8.83. The van der Waals surface area contributed by atoms with E-state index in [0.29, 0.717) is 26.4 Å². The average molecular weight is 522 g/mol. The Bertz CT molecular complexity index is 1410. The molecule has 0 spiro atoms. The largest absolute Gasteiger partial charge is 0.467 e. The molecular formula is C34H35NO4. The van der Waals surface area contributed by atoms with Crippen molar-refractivity contribution in [3.8, 4) is 0 Å². The number of hydrogen-bond donors (Lipinski definition) is 0. The lowest BCUT2D eigenvalue weighted by atomic mass is 10.1. The van der Waals surface area contributed by atoms with Crippen molar-refractivity contribution in [2.24, 2.45) is 0 Å². The van der Waals surface area contributed by atoms with E-state index in [-0.39, 0.29) is 0 Å². The summed E-state index contributed by atoms with van der Waals surface area (Å²) in [6.45, 7) is 6.53. The van der Waals surface area contributed by atoms with Crippen molar-refractivity contribution in [2.75, 3.05) is 11.5 Å². The fourth-order valence-corrected chi connectivity index (χ4v) is 4.47. The van der Waals surface area contributed by atoms with E-state index in [1.165, 1.54) is 16.7 Å². The van der Waals surface area contributed by atoms with Crippen LogP contribution in [0.2, 0.25) is 0 Å². The van der Waals surface area contributed by atoms with Gasteiger partial charge in [-0.15, -0.1) is 0 Å². The molecule has 0 saturated heterocycles. The molecule has 0 atom stereocenters. The summed E-state index contributed by atoms with van der Waals surface area (Å²) in [6, 6.07) is 31.6. The van der Waals surface area contributed by atoms with Crippen molar-refractivity contribution in [1.29, 1.82) is 0 Å². The van der Waals surface area contributed by atoms with E-state index in [4.69, 9.17) is 18.3 Å². The summed E-state index contributed by atoms with van der Waals surface area (Å²) < 4.78 is 22.2. The van der Waals surface area contributed by atoms with E-state index in [9.17, 15) is 0 Å². The molecule has 0 aliphatic rings. The van der Waals surface area contributed by atoms with E-state index < -0.39 is 0 Å². The summed E-state index contributed by atoms with van der Waals surface area (Å²) in [7, 11) is 0. The van der Waals surface area contributed by atoms with Crippen molar-refractivity contribution >= 4 is 17.1 Å². The van der Waals surface area contributed by atoms with Crippen LogP contribution in [0.15, 0.2) is 112 Å². The highest BCUT2D eigenvalue weighted by Gasteiger charge is 2.13. The van der Waals surface area contributed by atoms with Crippen LogP contribution in [0.4, 0.5) is 17.1 Å². The molecule has 0 amide bonds. The fourth-order valence-electron chi connectivity index (χ4n) is 4.47. The van der Waals surface area contributed by atoms with Crippen LogP contribution in [-0.2, 0) is 35.7 Å². The van der Waals surface area contributed by atoms with Gasteiger partial charge in [0.15, 0.2) is 0 Å². The zero-order chi connectivity index (χ0) is 26.9. The highest BCUT2D eigenvalue weighted by molar-refractivity contribution is 5.77. The van der Waals surface area contributed by atoms with E-state index in [0.717, 1.165) is 47.0 Å². The average Bonchev–Trinajstić information content (AvgIpc) is 3.67. The van der Waals surface area contributed by atoms with Crippen molar-refractivity contribution < 1.29 is 18.3 Å². The molecule has 0 bridgehead atoms. The van der Waals surface area contributed by atoms with Crippen LogP contribution < -0.4 is 4.90 Å². The zero-order valence-corrected chi connectivity index (χ0v) is 22.6. The molecule has 0 saturated carbocycles. The molecule has 5 aromatic rings. The van der Waals surface area contributed by atoms with Gasteiger partial charge in [0.2, 0.25) is 0 Å². The van der Waals surface area contributed by atoms with Gasteiger partial charge in [0, 0.05) is 23.7 Å². The van der Waals surface area contributed by atoms with Crippen LogP contribution in [0.3, 0.4) is 0 Å². The molecule has 0 unspecified atom stereocenters. The minimum atomic E-state index is 0.464. The van der Waals surface area contributed by atoms with Gasteiger partial charge in [0.05, 0.1) is 19.1 Å². The summed E-state index contributed by atoms with van der Waals surface area (Å²) in [4.78, 5) is 2.30. The lowest BCUT2D eigenvalue weighted by Gasteiger charge is -2.26. The second kappa shape index (κ2) is 13.1. The molecule has 200 valence electrons. The standard InChI is InChI=1S/C34H35NO4/c1-26-9-14-32(22-27(26)2)35(31-17-12-29(13-18-31)23-37-25-34-8-5-21-39-34)30-15-10-28(11-16-30)6-3-19-36-24-33-7-4-20-38-33/h4-5,7-18,20-22H,3,6,19,23-25H2,1-2H3. The van der Waals surface area contributed by atoms with Crippen LogP contribution >= 0.6 is 0 Å². The minimum Gasteiger partial charge on any atom is -0.467 e. The Kier molecular flexibility index (Phi) is 8.94. The van der Waals surface area contributed by atoms with Crippen LogP contribution in [0.25, 0.3) is 0 Å². The molecule has 5 rings (SSSR count). The molecule has 3 aromatic carbocycles. The summed E-state index contributed by atoms with van der Waals surface area (Å²) in [5, 5.41) is 0. The third kappa shape index (κ3) is 7.29. The Morgan fingerprint density at radius 2 is 1.18 bits per heavy atom. The Labute approximate surface area is 230 Å². The lowest BCUT2D eigenvalue weighted by Crippen LogP contribution is -2.10. The third-order valence-electron chi connectivity index (χ3n) is 6.81. The fraction of sp³-hybridized carbons (Fsp3) is 0.235. The molecule has 39 heavy (non-hydrogen) atoms. The van der Waals surface area contributed by atoms with Crippen molar-refractivity contribution in [3.63, 3.8) is 0 Å². The third-order valence-corrected chi connectivity index (χ3v) is 6.81. The number of furan rings is 2. The number of rotatable bonds is 13. The second-order valence-corrected chi connectivity index (χ2v) is 9.74. The summed E-state index contributed by atoms with van der Waals surface area (Å²) >= 11 is 0. The van der Waals surface area contributed by atoms with Crippen LogP contribution in [0, 0.1) is 13.8 Å². The first kappa shape index (κ1) is 26.5. The minimum absolute atomic E-state index is 0.464. The molecule has 5 nitrogen and oxygen atoms in total. The highest BCUT2D eigenvalue weighted by atomic mass is 16.5. The number of hydrogen-bond acceptors (Lipinski definition) is 5. The van der Waals surface area contributed by atoms with Gasteiger partial charge in [-0.3, -0.25) is 0 Å².